The number of halogens is 1. The normalized spacial score (nSPS) is 10.3. The van der Waals surface area contributed by atoms with E-state index in [1.807, 2.05) is 25.1 Å². The number of anilines is 1. The molecule has 0 bridgehead atoms. The van der Waals surface area contributed by atoms with E-state index < -0.39 is 5.91 Å². The van der Waals surface area contributed by atoms with Gasteiger partial charge in [0.15, 0.2) is 3.77 Å². The highest BCUT2D eigenvalue weighted by Gasteiger charge is 2.08. The van der Waals surface area contributed by atoms with Crippen molar-refractivity contribution in [1.82, 2.24) is 0 Å². The van der Waals surface area contributed by atoms with Crippen LogP contribution in [0.15, 0.2) is 34.7 Å². The van der Waals surface area contributed by atoms with Gasteiger partial charge in [-0.2, -0.15) is 0 Å². The molecule has 0 aliphatic heterocycles. The Morgan fingerprint density at radius 2 is 2.17 bits per heavy atom. The van der Waals surface area contributed by atoms with Crippen molar-refractivity contribution in [3.8, 4) is 0 Å². The third kappa shape index (κ3) is 2.84. The van der Waals surface area contributed by atoms with Gasteiger partial charge in [-0.25, -0.2) is 0 Å². The molecule has 0 unspecified atom stereocenters. The summed E-state index contributed by atoms with van der Waals surface area (Å²) >= 11 is 2.12. The highest BCUT2D eigenvalue weighted by molar-refractivity contribution is 14.1. The van der Waals surface area contributed by atoms with Crippen molar-refractivity contribution in [3.05, 3.63) is 51.0 Å². The van der Waals surface area contributed by atoms with Crippen LogP contribution in [0.3, 0.4) is 0 Å². The number of nitrogens with one attached hydrogen (secondary N) is 1. The van der Waals surface area contributed by atoms with Crippen LogP contribution in [-0.4, -0.2) is 5.91 Å². The van der Waals surface area contributed by atoms with Crippen molar-refractivity contribution in [1.29, 1.82) is 0 Å². The number of carbonyl (C=O) groups is 1. The summed E-state index contributed by atoms with van der Waals surface area (Å²) in [5.74, 6) is 0.437. The summed E-state index contributed by atoms with van der Waals surface area (Å²) in [5, 5.41) is 3.23. The molecule has 0 aliphatic carbocycles. The lowest BCUT2D eigenvalue weighted by molar-refractivity contribution is 0.1000. The number of furan rings is 1. The Hall–Kier alpha value is -1.50. The summed E-state index contributed by atoms with van der Waals surface area (Å²) < 4.78 is 6.31. The molecule has 94 valence electrons. The maximum Gasteiger partial charge on any atom is 0.249 e. The van der Waals surface area contributed by atoms with Crippen molar-refractivity contribution < 1.29 is 9.21 Å². The molecule has 4 nitrogen and oxygen atoms in total. The zero-order valence-electron chi connectivity index (χ0n) is 9.87. The monoisotopic (exact) mass is 356 g/mol. The number of nitrogens with two attached hydrogens (primary N) is 1. The molecule has 2 rings (SSSR count). The molecule has 5 heteroatoms. The van der Waals surface area contributed by atoms with E-state index in [9.17, 15) is 4.79 Å². The van der Waals surface area contributed by atoms with E-state index in [0.29, 0.717) is 12.1 Å². The van der Waals surface area contributed by atoms with Crippen molar-refractivity contribution in [3.63, 3.8) is 0 Å². The summed E-state index contributed by atoms with van der Waals surface area (Å²) in [5.41, 5.74) is 7.58. The molecule has 0 saturated carbocycles. The number of benzene rings is 1. The molecule has 2 aromatic rings. The number of hydrogen-bond donors (Lipinski definition) is 2. The second-order valence-corrected chi connectivity index (χ2v) is 4.96. The van der Waals surface area contributed by atoms with Crippen molar-refractivity contribution in [2.24, 2.45) is 5.73 Å². The second kappa shape index (κ2) is 5.43. The van der Waals surface area contributed by atoms with E-state index in [2.05, 4.69) is 27.9 Å². The SMILES string of the molecule is Cc1c(NCc2ccc(I)o2)cccc1C(N)=O. The quantitative estimate of drug-likeness (QED) is 0.828. The van der Waals surface area contributed by atoms with Gasteiger partial charge >= 0.3 is 0 Å². The van der Waals surface area contributed by atoms with Crippen LogP contribution in [0.4, 0.5) is 5.69 Å². The van der Waals surface area contributed by atoms with Gasteiger partial charge in [0.05, 0.1) is 6.54 Å². The third-order valence-electron chi connectivity index (χ3n) is 2.68. The van der Waals surface area contributed by atoms with Crippen LogP contribution < -0.4 is 11.1 Å². The minimum Gasteiger partial charge on any atom is -0.454 e. The summed E-state index contributed by atoms with van der Waals surface area (Å²) in [6, 6.07) is 9.27. The molecular formula is C13H13IN2O2. The highest BCUT2D eigenvalue weighted by atomic mass is 127. The third-order valence-corrected chi connectivity index (χ3v) is 3.26. The van der Waals surface area contributed by atoms with Crippen LogP contribution in [0.25, 0.3) is 0 Å². The van der Waals surface area contributed by atoms with Crippen molar-refractivity contribution in [2.75, 3.05) is 5.32 Å². The fourth-order valence-corrected chi connectivity index (χ4v) is 2.19. The van der Waals surface area contributed by atoms with Gasteiger partial charge in [0.1, 0.15) is 5.76 Å². The van der Waals surface area contributed by atoms with Crippen LogP contribution >= 0.6 is 22.6 Å². The van der Waals surface area contributed by atoms with E-state index in [-0.39, 0.29) is 0 Å². The van der Waals surface area contributed by atoms with Crippen LogP contribution in [0, 0.1) is 10.7 Å². The summed E-state index contributed by atoms with van der Waals surface area (Å²) in [4.78, 5) is 11.2. The molecule has 1 aromatic heterocycles. The van der Waals surface area contributed by atoms with Gasteiger partial charge in [0.2, 0.25) is 5.91 Å². The van der Waals surface area contributed by atoms with Crippen LogP contribution in [0.2, 0.25) is 0 Å². The molecule has 1 heterocycles. The van der Waals surface area contributed by atoms with Gasteiger partial charge in [-0.05, 0) is 59.3 Å². The first-order valence-electron chi connectivity index (χ1n) is 5.45. The number of rotatable bonds is 4. The lowest BCUT2D eigenvalue weighted by atomic mass is 10.1. The molecule has 0 fully saturated rings. The van der Waals surface area contributed by atoms with Crippen LogP contribution in [0.1, 0.15) is 21.7 Å². The first-order valence-corrected chi connectivity index (χ1v) is 6.53. The van der Waals surface area contributed by atoms with E-state index >= 15 is 0 Å². The fourth-order valence-electron chi connectivity index (χ4n) is 1.72. The number of carbonyl (C=O) groups excluding carboxylic acids is 1. The minimum absolute atomic E-state index is 0.413. The average molecular weight is 356 g/mol. The topological polar surface area (TPSA) is 68.3 Å². The fraction of sp³-hybridized carbons (Fsp3) is 0.154. The zero-order valence-corrected chi connectivity index (χ0v) is 12.0. The van der Waals surface area contributed by atoms with E-state index in [4.69, 9.17) is 10.2 Å². The van der Waals surface area contributed by atoms with Crippen molar-refractivity contribution in [2.45, 2.75) is 13.5 Å². The average Bonchev–Trinajstić information content (AvgIpc) is 2.73. The Kier molecular flexibility index (Phi) is 3.90. The maximum absolute atomic E-state index is 11.2. The summed E-state index contributed by atoms with van der Waals surface area (Å²) in [6.45, 7) is 2.44. The Balaban J connectivity index is 2.14. The second-order valence-electron chi connectivity index (χ2n) is 3.90. The first-order chi connectivity index (χ1) is 8.58. The zero-order chi connectivity index (χ0) is 13.1. The highest BCUT2D eigenvalue weighted by Crippen LogP contribution is 2.20. The largest absolute Gasteiger partial charge is 0.454 e. The predicted octanol–water partition coefficient (Wildman–Crippen LogP) is 2.90. The van der Waals surface area contributed by atoms with E-state index in [0.717, 1.165) is 20.8 Å². The van der Waals surface area contributed by atoms with Gasteiger partial charge in [-0.3, -0.25) is 4.79 Å². The van der Waals surface area contributed by atoms with Gasteiger partial charge < -0.3 is 15.5 Å². The molecule has 0 radical (unpaired) electrons. The smallest absolute Gasteiger partial charge is 0.249 e. The van der Waals surface area contributed by atoms with Gasteiger partial charge in [-0.1, -0.05) is 6.07 Å². The first kappa shape index (κ1) is 12.9. The maximum atomic E-state index is 11.2. The Labute approximate surface area is 119 Å². The molecule has 1 aromatic carbocycles. The number of primary amides is 1. The number of hydrogen-bond acceptors (Lipinski definition) is 3. The van der Waals surface area contributed by atoms with Crippen LogP contribution in [-0.2, 0) is 6.54 Å². The van der Waals surface area contributed by atoms with E-state index in [1.54, 1.807) is 12.1 Å². The standard InChI is InChI=1S/C13H13IN2O2/c1-8-10(13(15)17)3-2-4-11(8)16-7-9-5-6-12(14)18-9/h2-6,16H,7H2,1H3,(H2,15,17). The Bertz CT molecular complexity index is 578. The molecule has 0 saturated heterocycles. The van der Waals surface area contributed by atoms with Gasteiger partial charge in [0, 0.05) is 11.3 Å². The predicted molar refractivity (Wildman–Crippen MR) is 78.4 cm³/mol. The number of amides is 1. The van der Waals surface area contributed by atoms with Gasteiger partial charge in [0.25, 0.3) is 0 Å². The molecule has 18 heavy (non-hydrogen) atoms. The molecule has 0 atom stereocenters. The van der Waals surface area contributed by atoms with Crippen LogP contribution in [0.5, 0.6) is 0 Å². The van der Waals surface area contributed by atoms with Crippen molar-refractivity contribution >= 4 is 34.2 Å². The lowest BCUT2D eigenvalue weighted by Gasteiger charge is -2.10. The Morgan fingerprint density at radius 3 is 2.78 bits per heavy atom. The Morgan fingerprint density at radius 1 is 1.39 bits per heavy atom. The summed E-state index contributed by atoms with van der Waals surface area (Å²) in [7, 11) is 0. The van der Waals surface area contributed by atoms with E-state index in [1.165, 1.54) is 0 Å². The lowest BCUT2D eigenvalue weighted by Crippen LogP contribution is -2.13. The molecule has 3 N–H and O–H groups in total. The van der Waals surface area contributed by atoms with Gasteiger partial charge in [-0.15, -0.1) is 0 Å². The molecule has 0 spiro atoms. The molecular weight excluding hydrogens is 343 g/mol. The molecule has 0 aliphatic rings. The molecule has 1 amide bonds. The minimum atomic E-state index is -0.413. The summed E-state index contributed by atoms with van der Waals surface area (Å²) in [6.07, 6.45) is 0.